The summed E-state index contributed by atoms with van der Waals surface area (Å²) in [6, 6.07) is 1.96. The van der Waals surface area contributed by atoms with E-state index >= 15 is 0 Å². The van der Waals surface area contributed by atoms with Crippen molar-refractivity contribution in [1.82, 2.24) is 15.1 Å². The summed E-state index contributed by atoms with van der Waals surface area (Å²) in [5.74, 6) is -1.50. The van der Waals surface area contributed by atoms with Crippen molar-refractivity contribution in [3.63, 3.8) is 0 Å². The molecule has 0 aliphatic rings. The fourth-order valence-electron chi connectivity index (χ4n) is 2.10. The molecule has 0 saturated heterocycles. The van der Waals surface area contributed by atoms with Gasteiger partial charge in [-0.15, -0.1) is 0 Å². The van der Waals surface area contributed by atoms with E-state index in [1.807, 2.05) is 26.8 Å². The van der Waals surface area contributed by atoms with Crippen LogP contribution in [0, 0.1) is 19.8 Å². The molecule has 1 heterocycles. The van der Waals surface area contributed by atoms with Crippen LogP contribution in [0.25, 0.3) is 0 Å². The van der Waals surface area contributed by atoms with E-state index in [2.05, 4.69) is 10.4 Å². The van der Waals surface area contributed by atoms with Crippen LogP contribution in [-0.2, 0) is 16.1 Å². The molecule has 0 spiro atoms. The third kappa shape index (κ3) is 5.03. The van der Waals surface area contributed by atoms with Gasteiger partial charge in [-0.25, -0.2) is 0 Å². The van der Waals surface area contributed by atoms with E-state index in [0.29, 0.717) is 19.4 Å². The molecule has 0 radical (unpaired) electrons. The Labute approximate surface area is 119 Å². The van der Waals surface area contributed by atoms with Gasteiger partial charge in [0, 0.05) is 25.2 Å². The zero-order chi connectivity index (χ0) is 15.1. The Kier molecular flexibility index (Phi) is 6.21. The van der Waals surface area contributed by atoms with Crippen molar-refractivity contribution >= 4 is 11.9 Å². The first kappa shape index (κ1) is 16.2. The molecule has 112 valence electrons. The molecule has 0 fully saturated rings. The molecule has 0 bridgehead atoms. The van der Waals surface area contributed by atoms with E-state index in [4.69, 9.17) is 5.11 Å². The van der Waals surface area contributed by atoms with Gasteiger partial charge in [0.05, 0.1) is 11.6 Å². The van der Waals surface area contributed by atoms with Gasteiger partial charge in [0.2, 0.25) is 5.91 Å². The van der Waals surface area contributed by atoms with Crippen molar-refractivity contribution < 1.29 is 14.7 Å². The Morgan fingerprint density at radius 3 is 2.65 bits per heavy atom. The first-order chi connectivity index (χ1) is 9.43. The molecule has 1 rings (SSSR count). The van der Waals surface area contributed by atoms with E-state index in [1.165, 1.54) is 0 Å². The SMILES string of the molecule is CCCC(CNC(=O)CCn1nc(C)cc1C)C(=O)O. The number of aliphatic carboxylic acids is 1. The van der Waals surface area contributed by atoms with Gasteiger partial charge in [0.25, 0.3) is 0 Å². The predicted octanol–water partition coefficient (Wildman–Crippen LogP) is 1.51. The molecule has 1 atom stereocenters. The summed E-state index contributed by atoms with van der Waals surface area (Å²) in [5, 5.41) is 16.0. The van der Waals surface area contributed by atoms with Crippen molar-refractivity contribution in [2.45, 2.75) is 46.6 Å². The van der Waals surface area contributed by atoms with Crippen LogP contribution in [0.3, 0.4) is 0 Å². The molecule has 6 heteroatoms. The van der Waals surface area contributed by atoms with Crippen molar-refractivity contribution in [1.29, 1.82) is 0 Å². The lowest BCUT2D eigenvalue weighted by Crippen LogP contribution is -2.33. The highest BCUT2D eigenvalue weighted by Crippen LogP contribution is 2.06. The van der Waals surface area contributed by atoms with Gasteiger partial charge >= 0.3 is 5.97 Å². The highest BCUT2D eigenvalue weighted by molar-refractivity contribution is 5.77. The molecule has 20 heavy (non-hydrogen) atoms. The first-order valence-corrected chi connectivity index (χ1v) is 6.94. The fourth-order valence-corrected chi connectivity index (χ4v) is 2.10. The van der Waals surface area contributed by atoms with E-state index < -0.39 is 11.9 Å². The first-order valence-electron chi connectivity index (χ1n) is 6.94. The topological polar surface area (TPSA) is 84.2 Å². The Balaban J connectivity index is 2.36. The fraction of sp³-hybridized carbons (Fsp3) is 0.643. The predicted molar refractivity (Wildman–Crippen MR) is 75.4 cm³/mol. The van der Waals surface area contributed by atoms with Gasteiger partial charge in [-0.3, -0.25) is 14.3 Å². The molecule has 2 N–H and O–H groups in total. The number of hydrogen-bond acceptors (Lipinski definition) is 3. The summed E-state index contributed by atoms with van der Waals surface area (Å²) in [6.45, 7) is 6.49. The number of carbonyl (C=O) groups excluding carboxylic acids is 1. The van der Waals surface area contributed by atoms with Crippen molar-refractivity contribution in [2.24, 2.45) is 5.92 Å². The summed E-state index contributed by atoms with van der Waals surface area (Å²) in [4.78, 5) is 22.7. The lowest BCUT2D eigenvalue weighted by Gasteiger charge is -2.12. The highest BCUT2D eigenvalue weighted by atomic mass is 16.4. The second-order valence-corrected chi connectivity index (χ2v) is 5.03. The average Bonchev–Trinajstić information content (AvgIpc) is 2.70. The number of nitrogens with one attached hydrogen (secondary N) is 1. The molecule has 0 aliphatic carbocycles. The molecule has 1 aromatic heterocycles. The second kappa shape index (κ2) is 7.67. The van der Waals surface area contributed by atoms with Crippen molar-refractivity contribution in [2.75, 3.05) is 6.54 Å². The molecule has 0 aromatic carbocycles. The lowest BCUT2D eigenvalue weighted by molar-refractivity contribution is -0.141. The second-order valence-electron chi connectivity index (χ2n) is 5.03. The summed E-state index contributed by atoms with van der Waals surface area (Å²) < 4.78 is 1.79. The number of rotatable bonds is 8. The van der Waals surface area contributed by atoms with Crippen LogP contribution < -0.4 is 5.32 Å². The van der Waals surface area contributed by atoms with Crippen LogP contribution >= 0.6 is 0 Å². The zero-order valence-corrected chi connectivity index (χ0v) is 12.3. The molecule has 0 aliphatic heterocycles. The van der Waals surface area contributed by atoms with Gasteiger partial charge in [0.15, 0.2) is 0 Å². The number of carboxylic acids is 1. The summed E-state index contributed by atoms with van der Waals surface area (Å²) >= 11 is 0. The largest absolute Gasteiger partial charge is 0.481 e. The Bertz CT molecular complexity index is 468. The summed E-state index contributed by atoms with van der Waals surface area (Å²) in [5.41, 5.74) is 1.95. The zero-order valence-electron chi connectivity index (χ0n) is 12.3. The van der Waals surface area contributed by atoms with Crippen LogP contribution in [0.5, 0.6) is 0 Å². The minimum absolute atomic E-state index is 0.139. The summed E-state index contributed by atoms with van der Waals surface area (Å²) in [7, 11) is 0. The lowest BCUT2D eigenvalue weighted by atomic mass is 10.0. The van der Waals surface area contributed by atoms with Crippen LogP contribution in [-0.4, -0.2) is 33.3 Å². The normalized spacial score (nSPS) is 12.2. The third-order valence-corrected chi connectivity index (χ3v) is 3.19. The maximum Gasteiger partial charge on any atom is 0.308 e. The van der Waals surface area contributed by atoms with E-state index in [1.54, 1.807) is 4.68 Å². The monoisotopic (exact) mass is 281 g/mol. The third-order valence-electron chi connectivity index (χ3n) is 3.19. The molecule has 1 aromatic rings. The molecule has 1 unspecified atom stereocenters. The number of hydrogen-bond donors (Lipinski definition) is 2. The van der Waals surface area contributed by atoms with Gasteiger partial charge < -0.3 is 10.4 Å². The Morgan fingerprint density at radius 2 is 2.15 bits per heavy atom. The smallest absolute Gasteiger partial charge is 0.308 e. The Morgan fingerprint density at radius 1 is 1.45 bits per heavy atom. The van der Waals surface area contributed by atoms with Gasteiger partial charge in [-0.2, -0.15) is 5.10 Å². The number of carboxylic acid groups (broad SMARTS) is 1. The van der Waals surface area contributed by atoms with Gasteiger partial charge in [-0.05, 0) is 26.3 Å². The number of aryl methyl sites for hydroxylation is 3. The Hall–Kier alpha value is -1.85. The maximum absolute atomic E-state index is 11.7. The average molecular weight is 281 g/mol. The standard InChI is InChI=1S/C14H23N3O3/c1-4-5-12(14(19)20)9-15-13(18)6-7-17-11(3)8-10(2)16-17/h8,12H,4-7,9H2,1-3H3,(H,15,18)(H,19,20). The highest BCUT2D eigenvalue weighted by Gasteiger charge is 2.17. The van der Waals surface area contributed by atoms with Crippen LogP contribution in [0.15, 0.2) is 6.07 Å². The van der Waals surface area contributed by atoms with Crippen LogP contribution in [0.4, 0.5) is 0 Å². The molecule has 6 nitrogen and oxygen atoms in total. The molecule has 1 amide bonds. The van der Waals surface area contributed by atoms with Crippen LogP contribution in [0.1, 0.15) is 37.6 Å². The number of nitrogens with zero attached hydrogens (tertiary/aromatic N) is 2. The number of aromatic nitrogens is 2. The number of carbonyl (C=O) groups is 2. The van der Waals surface area contributed by atoms with Crippen LogP contribution in [0.2, 0.25) is 0 Å². The van der Waals surface area contributed by atoms with Gasteiger partial charge in [-0.1, -0.05) is 13.3 Å². The molecular formula is C14H23N3O3. The van der Waals surface area contributed by atoms with Gasteiger partial charge in [0.1, 0.15) is 0 Å². The molecular weight excluding hydrogens is 258 g/mol. The number of amides is 1. The maximum atomic E-state index is 11.7. The van der Waals surface area contributed by atoms with E-state index in [9.17, 15) is 9.59 Å². The molecule has 0 saturated carbocycles. The van der Waals surface area contributed by atoms with E-state index in [0.717, 1.165) is 17.8 Å². The minimum Gasteiger partial charge on any atom is -0.481 e. The van der Waals surface area contributed by atoms with E-state index in [-0.39, 0.29) is 12.5 Å². The van der Waals surface area contributed by atoms with Crippen molar-refractivity contribution in [3.8, 4) is 0 Å². The summed E-state index contributed by atoms with van der Waals surface area (Å²) in [6.07, 6.45) is 1.67. The quantitative estimate of drug-likeness (QED) is 0.756. The minimum atomic E-state index is -0.856. The van der Waals surface area contributed by atoms with Crippen molar-refractivity contribution in [3.05, 3.63) is 17.5 Å².